The highest BCUT2D eigenvalue weighted by Crippen LogP contribution is 2.30. The Kier molecular flexibility index (Phi) is 4.20. The Morgan fingerprint density at radius 3 is 2.64 bits per heavy atom. The van der Waals surface area contributed by atoms with E-state index in [4.69, 9.17) is 0 Å². The van der Waals surface area contributed by atoms with Crippen molar-refractivity contribution < 1.29 is 0 Å². The first-order chi connectivity index (χ1) is 10.7. The Hall–Kier alpha value is -2.20. The van der Waals surface area contributed by atoms with Crippen LogP contribution in [0.1, 0.15) is 18.9 Å². The largest absolute Gasteiger partial charge is 0.318 e. The van der Waals surface area contributed by atoms with Crippen molar-refractivity contribution in [1.82, 2.24) is 4.98 Å². The zero-order chi connectivity index (χ0) is 15.5. The predicted octanol–water partition coefficient (Wildman–Crippen LogP) is 4.51. The number of aryl methyl sites for hydroxylation is 1. The van der Waals surface area contributed by atoms with E-state index in [2.05, 4.69) is 16.8 Å². The molecule has 0 spiro atoms. The van der Waals surface area contributed by atoms with Crippen LogP contribution in [0, 0.1) is 6.92 Å². The normalized spacial score (nSPS) is 10.8. The number of aromatic nitrogens is 1. The maximum absolute atomic E-state index is 12.4. The Morgan fingerprint density at radius 2 is 1.91 bits per heavy atom. The van der Waals surface area contributed by atoms with Gasteiger partial charge in [-0.15, -0.1) is 0 Å². The van der Waals surface area contributed by atoms with Crippen molar-refractivity contribution in [2.24, 2.45) is 0 Å². The molecule has 0 aliphatic carbocycles. The lowest BCUT2D eigenvalue weighted by Gasteiger charge is -2.22. The van der Waals surface area contributed by atoms with Crippen LogP contribution in [-0.4, -0.2) is 11.5 Å². The fraction of sp³-hybridized carbons (Fsp3) is 0.222. The zero-order valence-electron chi connectivity index (χ0n) is 12.7. The number of nitrogens with zero attached hydrogens (tertiary/aromatic N) is 2. The number of hydrogen-bond acceptors (Lipinski definition) is 4. The molecule has 0 saturated carbocycles. The van der Waals surface area contributed by atoms with Gasteiger partial charge in [-0.1, -0.05) is 48.1 Å². The number of para-hydroxylation sites is 1. The topological polar surface area (TPSA) is 33.2 Å². The lowest BCUT2D eigenvalue weighted by atomic mass is 10.2. The van der Waals surface area contributed by atoms with Gasteiger partial charge in [0.1, 0.15) is 0 Å². The summed E-state index contributed by atoms with van der Waals surface area (Å²) in [6.45, 7) is 4.96. The van der Waals surface area contributed by atoms with Gasteiger partial charge in [0, 0.05) is 16.9 Å². The third-order valence-electron chi connectivity index (χ3n) is 3.51. The molecule has 22 heavy (non-hydrogen) atoms. The van der Waals surface area contributed by atoms with E-state index in [1.165, 1.54) is 0 Å². The summed E-state index contributed by atoms with van der Waals surface area (Å²) >= 11 is 1.57. The molecule has 4 heteroatoms. The first kappa shape index (κ1) is 14.7. The number of benzene rings is 2. The summed E-state index contributed by atoms with van der Waals surface area (Å²) in [5.41, 5.74) is 2.00. The van der Waals surface area contributed by atoms with Crippen LogP contribution in [0.3, 0.4) is 0 Å². The van der Waals surface area contributed by atoms with Crippen LogP contribution >= 0.6 is 11.3 Å². The van der Waals surface area contributed by atoms with Gasteiger partial charge in [-0.2, -0.15) is 4.98 Å². The molecule has 0 fully saturated rings. The lowest BCUT2D eigenvalue weighted by Crippen LogP contribution is -2.21. The van der Waals surface area contributed by atoms with E-state index in [0.717, 1.165) is 34.0 Å². The lowest BCUT2D eigenvalue weighted by molar-refractivity contribution is 0.878. The van der Waals surface area contributed by atoms with E-state index in [-0.39, 0.29) is 5.56 Å². The number of fused-ring (bicyclic) bond motifs is 1. The summed E-state index contributed by atoms with van der Waals surface area (Å²) in [7, 11) is 0. The fourth-order valence-corrected chi connectivity index (χ4v) is 3.47. The summed E-state index contributed by atoms with van der Waals surface area (Å²) in [5, 5.41) is 1.47. The molecule has 0 aliphatic heterocycles. The van der Waals surface area contributed by atoms with E-state index < -0.39 is 0 Å². The molecule has 2 aromatic carbocycles. The Balaban J connectivity index is 2.14. The van der Waals surface area contributed by atoms with Crippen molar-refractivity contribution in [3.05, 3.63) is 64.4 Å². The van der Waals surface area contributed by atoms with E-state index in [0.29, 0.717) is 5.39 Å². The van der Waals surface area contributed by atoms with Crippen LogP contribution in [-0.2, 0) is 0 Å². The Bertz CT molecular complexity index is 843. The number of hydrogen-bond donors (Lipinski definition) is 0. The van der Waals surface area contributed by atoms with Crippen LogP contribution in [0.5, 0.6) is 0 Å². The van der Waals surface area contributed by atoms with Gasteiger partial charge in [0.2, 0.25) is 0 Å². The van der Waals surface area contributed by atoms with E-state index >= 15 is 0 Å². The molecule has 0 radical (unpaired) electrons. The summed E-state index contributed by atoms with van der Waals surface area (Å²) in [6, 6.07) is 16.1. The molecular weight excluding hydrogens is 292 g/mol. The van der Waals surface area contributed by atoms with E-state index in [1.807, 2.05) is 55.5 Å². The van der Waals surface area contributed by atoms with Gasteiger partial charge in [-0.05, 0) is 37.6 Å². The van der Waals surface area contributed by atoms with Crippen molar-refractivity contribution in [3.63, 3.8) is 0 Å². The van der Waals surface area contributed by atoms with Crippen LogP contribution in [0.25, 0.3) is 10.1 Å². The van der Waals surface area contributed by atoms with Crippen molar-refractivity contribution in [2.45, 2.75) is 20.3 Å². The molecule has 0 aliphatic rings. The summed E-state index contributed by atoms with van der Waals surface area (Å²) in [4.78, 5) is 18.8. The summed E-state index contributed by atoms with van der Waals surface area (Å²) < 4.78 is 0.984. The molecule has 3 nitrogen and oxygen atoms in total. The minimum absolute atomic E-state index is 0.149. The van der Waals surface area contributed by atoms with Gasteiger partial charge < -0.3 is 4.90 Å². The molecule has 0 unspecified atom stereocenters. The van der Waals surface area contributed by atoms with Gasteiger partial charge in [0.05, 0.1) is 5.39 Å². The Morgan fingerprint density at radius 1 is 1.14 bits per heavy atom. The third-order valence-corrected chi connectivity index (χ3v) is 4.58. The number of rotatable bonds is 4. The summed E-state index contributed by atoms with van der Waals surface area (Å²) in [6.07, 6.45) is 0.990. The van der Waals surface area contributed by atoms with Crippen molar-refractivity contribution in [1.29, 1.82) is 0 Å². The predicted molar refractivity (Wildman–Crippen MR) is 94.4 cm³/mol. The second-order valence-corrected chi connectivity index (χ2v) is 6.30. The van der Waals surface area contributed by atoms with E-state index in [9.17, 15) is 4.79 Å². The molecular formula is C18H18N2OS. The average molecular weight is 310 g/mol. The first-order valence-corrected chi connectivity index (χ1v) is 8.25. The average Bonchev–Trinajstić information content (AvgIpc) is 2.54. The van der Waals surface area contributed by atoms with E-state index in [1.54, 1.807) is 11.3 Å². The highest BCUT2D eigenvalue weighted by Gasteiger charge is 2.13. The standard InChI is InChI=1S/C18H18N2OS/c1-3-11-20(14-7-5-4-6-8-14)18-19-17(21)15-12-13(2)9-10-16(15)22-18/h4-10,12H,3,11H2,1-2H3. The molecule has 3 aromatic rings. The van der Waals surface area contributed by atoms with Gasteiger partial charge in [0.15, 0.2) is 5.13 Å². The quantitative estimate of drug-likeness (QED) is 0.710. The van der Waals surface area contributed by atoms with Gasteiger partial charge in [-0.25, -0.2) is 0 Å². The van der Waals surface area contributed by atoms with Crippen molar-refractivity contribution in [2.75, 3.05) is 11.4 Å². The van der Waals surface area contributed by atoms with Crippen LogP contribution < -0.4 is 10.5 Å². The molecule has 1 aromatic heterocycles. The van der Waals surface area contributed by atoms with Gasteiger partial charge in [0.25, 0.3) is 5.56 Å². The molecule has 112 valence electrons. The van der Waals surface area contributed by atoms with Crippen molar-refractivity contribution in [3.8, 4) is 0 Å². The second-order valence-electron chi connectivity index (χ2n) is 5.29. The first-order valence-electron chi connectivity index (χ1n) is 7.43. The van der Waals surface area contributed by atoms with Gasteiger partial charge >= 0.3 is 0 Å². The molecule has 0 saturated heterocycles. The zero-order valence-corrected chi connectivity index (χ0v) is 13.6. The fourth-order valence-electron chi connectivity index (χ4n) is 2.45. The molecule has 1 heterocycles. The smallest absolute Gasteiger partial charge is 0.281 e. The number of anilines is 2. The maximum Gasteiger partial charge on any atom is 0.281 e. The monoisotopic (exact) mass is 310 g/mol. The minimum atomic E-state index is -0.149. The molecule has 0 atom stereocenters. The molecule has 0 N–H and O–H groups in total. The highest BCUT2D eigenvalue weighted by atomic mass is 32.1. The second kappa shape index (κ2) is 6.28. The molecule has 0 bridgehead atoms. The summed E-state index contributed by atoms with van der Waals surface area (Å²) in [5.74, 6) is 0. The van der Waals surface area contributed by atoms with Crippen LogP contribution in [0.15, 0.2) is 53.3 Å². The van der Waals surface area contributed by atoms with Crippen LogP contribution in [0.4, 0.5) is 10.8 Å². The third kappa shape index (κ3) is 2.88. The molecule has 3 rings (SSSR count). The Labute approximate surface area is 133 Å². The van der Waals surface area contributed by atoms with Crippen LogP contribution in [0.2, 0.25) is 0 Å². The SMILES string of the molecule is CCCN(c1ccccc1)c1nc(=O)c2cc(C)ccc2s1. The highest BCUT2D eigenvalue weighted by molar-refractivity contribution is 7.21. The maximum atomic E-state index is 12.4. The minimum Gasteiger partial charge on any atom is -0.318 e. The van der Waals surface area contributed by atoms with Crippen molar-refractivity contribution >= 4 is 32.2 Å². The molecule has 0 amide bonds. The van der Waals surface area contributed by atoms with Gasteiger partial charge in [-0.3, -0.25) is 4.79 Å².